The molecule has 0 aliphatic heterocycles. The summed E-state index contributed by atoms with van der Waals surface area (Å²) >= 11 is 0. The average molecular weight is 284 g/mol. The Labute approximate surface area is 117 Å². The van der Waals surface area contributed by atoms with E-state index >= 15 is 0 Å². The molecule has 0 radical (unpaired) electrons. The first-order valence-corrected chi connectivity index (χ1v) is 6.43. The van der Waals surface area contributed by atoms with E-state index in [9.17, 15) is 9.59 Å². The lowest BCUT2D eigenvalue weighted by molar-refractivity contribution is -0.122. The predicted octanol–water partition coefficient (Wildman–Crippen LogP) is 0.0799. The van der Waals surface area contributed by atoms with Crippen molar-refractivity contribution in [1.29, 1.82) is 0 Å². The van der Waals surface area contributed by atoms with Crippen LogP contribution in [0.4, 0.5) is 0 Å². The zero-order chi connectivity index (χ0) is 15.1. The molecule has 8 nitrogen and oxygen atoms in total. The Morgan fingerprint density at radius 3 is 2.75 bits per heavy atom. The van der Waals surface area contributed by atoms with E-state index in [1.54, 1.807) is 0 Å². The van der Waals surface area contributed by atoms with Gasteiger partial charge in [0.15, 0.2) is 5.69 Å². The SMILES string of the molecule is CCC(C)NC(=O)Cn1nnc(C(=O)O)c1CCOC. The zero-order valence-electron chi connectivity index (χ0n) is 11.9. The molecule has 112 valence electrons. The van der Waals surface area contributed by atoms with E-state index in [1.807, 2.05) is 13.8 Å². The summed E-state index contributed by atoms with van der Waals surface area (Å²) in [5, 5.41) is 19.2. The number of carbonyl (C=O) groups excluding carboxylic acids is 1. The number of aromatic nitrogens is 3. The minimum Gasteiger partial charge on any atom is -0.476 e. The Balaban J connectivity index is 2.83. The molecule has 0 aliphatic carbocycles. The molecule has 1 unspecified atom stereocenters. The molecule has 0 spiro atoms. The van der Waals surface area contributed by atoms with Crippen molar-refractivity contribution < 1.29 is 19.4 Å². The van der Waals surface area contributed by atoms with E-state index in [-0.39, 0.29) is 24.2 Å². The van der Waals surface area contributed by atoms with Crippen molar-refractivity contribution in [2.45, 2.75) is 39.3 Å². The van der Waals surface area contributed by atoms with Gasteiger partial charge in [-0.1, -0.05) is 12.1 Å². The summed E-state index contributed by atoms with van der Waals surface area (Å²) in [6, 6.07) is 0.0624. The van der Waals surface area contributed by atoms with E-state index < -0.39 is 5.97 Å². The maximum absolute atomic E-state index is 11.8. The van der Waals surface area contributed by atoms with Crippen molar-refractivity contribution in [2.24, 2.45) is 0 Å². The Hall–Kier alpha value is -1.96. The van der Waals surface area contributed by atoms with Crippen LogP contribution >= 0.6 is 0 Å². The number of carboxylic acids is 1. The third kappa shape index (κ3) is 4.30. The minimum atomic E-state index is -1.16. The fraction of sp³-hybridized carbons (Fsp3) is 0.667. The average Bonchev–Trinajstić information content (AvgIpc) is 2.78. The fourth-order valence-corrected chi connectivity index (χ4v) is 1.63. The molecule has 0 aromatic carbocycles. The van der Waals surface area contributed by atoms with Crippen molar-refractivity contribution in [3.05, 3.63) is 11.4 Å². The van der Waals surface area contributed by atoms with Gasteiger partial charge in [0.05, 0.1) is 12.3 Å². The Bertz CT molecular complexity index is 472. The number of ether oxygens (including phenoxy) is 1. The van der Waals surface area contributed by atoms with E-state index in [0.717, 1.165) is 6.42 Å². The van der Waals surface area contributed by atoms with Gasteiger partial charge >= 0.3 is 5.97 Å². The molecule has 0 saturated heterocycles. The summed E-state index contributed by atoms with van der Waals surface area (Å²) < 4.78 is 6.24. The van der Waals surface area contributed by atoms with Crippen molar-refractivity contribution in [2.75, 3.05) is 13.7 Å². The van der Waals surface area contributed by atoms with E-state index in [1.165, 1.54) is 11.8 Å². The number of hydrogen-bond donors (Lipinski definition) is 2. The normalized spacial score (nSPS) is 12.2. The van der Waals surface area contributed by atoms with Crippen LogP contribution in [0.25, 0.3) is 0 Å². The topological polar surface area (TPSA) is 106 Å². The lowest BCUT2D eigenvalue weighted by Gasteiger charge is -2.12. The Morgan fingerprint density at radius 1 is 1.50 bits per heavy atom. The molecule has 1 amide bonds. The molecule has 20 heavy (non-hydrogen) atoms. The molecule has 0 bridgehead atoms. The first-order valence-electron chi connectivity index (χ1n) is 6.43. The minimum absolute atomic E-state index is 0.0519. The number of rotatable bonds is 8. The highest BCUT2D eigenvalue weighted by molar-refractivity contribution is 5.86. The first kappa shape index (κ1) is 16.1. The quantitative estimate of drug-likeness (QED) is 0.700. The van der Waals surface area contributed by atoms with Gasteiger partial charge < -0.3 is 15.2 Å². The lowest BCUT2D eigenvalue weighted by atomic mass is 10.2. The number of amides is 1. The molecule has 1 atom stereocenters. The van der Waals surface area contributed by atoms with Gasteiger partial charge in [0.2, 0.25) is 5.91 Å². The van der Waals surface area contributed by atoms with E-state index in [0.29, 0.717) is 18.7 Å². The number of nitrogens with one attached hydrogen (secondary N) is 1. The van der Waals surface area contributed by atoms with Gasteiger partial charge in [-0.15, -0.1) is 5.10 Å². The van der Waals surface area contributed by atoms with Crippen LogP contribution in [0, 0.1) is 0 Å². The summed E-state index contributed by atoms with van der Waals surface area (Å²) in [5.41, 5.74) is 0.247. The number of carbonyl (C=O) groups is 2. The number of aromatic carboxylic acids is 1. The Morgan fingerprint density at radius 2 is 2.20 bits per heavy atom. The predicted molar refractivity (Wildman–Crippen MR) is 70.5 cm³/mol. The summed E-state index contributed by atoms with van der Waals surface area (Å²) in [6.07, 6.45) is 1.15. The van der Waals surface area contributed by atoms with Gasteiger partial charge in [-0.3, -0.25) is 4.79 Å². The third-order valence-corrected chi connectivity index (χ3v) is 2.90. The maximum Gasteiger partial charge on any atom is 0.358 e. The van der Waals surface area contributed by atoms with Crippen LogP contribution in [0.1, 0.15) is 36.5 Å². The van der Waals surface area contributed by atoms with Crippen LogP contribution in [0.5, 0.6) is 0 Å². The molecular formula is C12H20N4O4. The highest BCUT2D eigenvalue weighted by Gasteiger charge is 2.20. The fourth-order valence-electron chi connectivity index (χ4n) is 1.63. The monoisotopic (exact) mass is 284 g/mol. The van der Waals surface area contributed by atoms with Gasteiger partial charge in [-0.2, -0.15) is 0 Å². The molecule has 8 heteroatoms. The van der Waals surface area contributed by atoms with Crippen molar-refractivity contribution in [3.8, 4) is 0 Å². The van der Waals surface area contributed by atoms with Gasteiger partial charge in [0.25, 0.3) is 0 Å². The van der Waals surface area contributed by atoms with Crippen molar-refractivity contribution in [1.82, 2.24) is 20.3 Å². The van der Waals surface area contributed by atoms with Crippen LogP contribution in [0.3, 0.4) is 0 Å². The molecule has 0 aliphatic rings. The van der Waals surface area contributed by atoms with E-state index in [4.69, 9.17) is 9.84 Å². The summed E-state index contributed by atoms with van der Waals surface area (Å²) in [7, 11) is 1.52. The largest absolute Gasteiger partial charge is 0.476 e. The van der Waals surface area contributed by atoms with Gasteiger partial charge in [-0.05, 0) is 13.3 Å². The number of nitrogens with zero attached hydrogens (tertiary/aromatic N) is 3. The van der Waals surface area contributed by atoms with E-state index in [2.05, 4.69) is 15.6 Å². The third-order valence-electron chi connectivity index (χ3n) is 2.90. The molecule has 1 rings (SSSR count). The molecule has 1 aromatic heterocycles. The van der Waals surface area contributed by atoms with Gasteiger partial charge in [0, 0.05) is 19.6 Å². The number of hydrogen-bond acceptors (Lipinski definition) is 5. The molecular weight excluding hydrogens is 264 g/mol. The molecule has 1 aromatic rings. The van der Waals surface area contributed by atoms with Crippen LogP contribution < -0.4 is 5.32 Å². The summed E-state index contributed by atoms with van der Waals surface area (Å²) in [5.74, 6) is -1.38. The van der Waals surface area contributed by atoms with Crippen LogP contribution in [-0.4, -0.2) is 51.7 Å². The second-order valence-electron chi connectivity index (χ2n) is 4.47. The molecule has 0 saturated carbocycles. The van der Waals surface area contributed by atoms with Crippen LogP contribution in [-0.2, 0) is 22.5 Å². The smallest absolute Gasteiger partial charge is 0.358 e. The number of methoxy groups -OCH3 is 1. The molecule has 0 fully saturated rings. The summed E-state index contributed by atoms with van der Waals surface area (Å²) in [6.45, 7) is 4.14. The first-order chi connectivity index (χ1) is 9.49. The van der Waals surface area contributed by atoms with Crippen LogP contribution in [0.2, 0.25) is 0 Å². The second-order valence-corrected chi connectivity index (χ2v) is 4.47. The second kappa shape index (κ2) is 7.59. The number of carboxylic acid groups (broad SMARTS) is 1. The van der Waals surface area contributed by atoms with Crippen molar-refractivity contribution in [3.63, 3.8) is 0 Å². The standard InChI is InChI=1S/C12H20N4O4/c1-4-8(2)13-10(17)7-16-9(5-6-20-3)11(12(18)19)14-15-16/h8H,4-7H2,1-3H3,(H,13,17)(H,18,19). The lowest BCUT2D eigenvalue weighted by Crippen LogP contribution is -2.35. The summed E-state index contributed by atoms with van der Waals surface area (Å²) in [4.78, 5) is 22.9. The molecule has 1 heterocycles. The maximum atomic E-state index is 11.8. The molecule has 2 N–H and O–H groups in total. The highest BCUT2D eigenvalue weighted by Crippen LogP contribution is 2.07. The van der Waals surface area contributed by atoms with Crippen LogP contribution in [0.15, 0.2) is 0 Å². The zero-order valence-corrected chi connectivity index (χ0v) is 11.9. The Kier molecular flexibility index (Phi) is 6.10. The van der Waals surface area contributed by atoms with Crippen molar-refractivity contribution >= 4 is 11.9 Å². The van der Waals surface area contributed by atoms with Gasteiger partial charge in [-0.25, -0.2) is 9.48 Å². The van der Waals surface area contributed by atoms with Gasteiger partial charge in [0.1, 0.15) is 6.54 Å². The highest BCUT2D eigenvalue weighted by atomic mass is 16.5.